The molecule has 5 aromatic rings. The zero-order valence-corrected chi connectivity index (χ0v) is 26.7. The second-order valence-corrected chi connectivity index (χ2v) is 11.9. The van der Waals surface area contributed by atoms with Gasteiger partial charge in [-0.1, -0.05) is 30.3 Å². The fraction of sp³-hybridized carbons (Fsp3) is 0.235. The molecule has 3 aromatic carbocycles. The first kappa shape index (κ1) is 32.8. The summed E-state index contributed by atoms with van der Waals surface area (Å²) in [6, 6.07) is 19.0. The summed E-state index contributed by atoms with van der Waals surface area (Å²) in [6.07, 6.45) is -1.40. The Labute approximate surface area is 287 Å². The summed E-state index contributed by atoms with van der Waals surface area (Å²) in [7, 11) is 0. The van der Waals surface area contributed by atoms with Crippen molar-refractivity contribution in [1.82, 2.24) is 40.6 Å². The van der Waals surface area contributed by atoms with Crippen LogP contribution in [0.15, 0.2) is 66.7 Å². The van der Waals surface area contributed by atoms with Gasteiger partial charge in [0.15, 0.2) is 0 Å². The van der Waals surface area contributed by atoms with Crippen LogP contribution in [0.2, 0.25) is 0 Å². The molecule has 0 radical (unpaired) electrons. The number of nitrogens with zero attached hydrogens (tertiary/aromatic N) is 6. The van der Waals surface area contributed by atoms with Gasteiger partial charge in [-0.2, -0.15) is 5.21 Å². The number of carbonyl (C=O) groups is 7. The largest absolute Gasteiger partial charge is 0.355 e. The van der Waals surface area contributed by atoms with Crippen molar-refractivity contribution in [3.63, 3.8) is 0 Å². The van der Waals surface area contributed by atoms with Crippen molar-refractivity contribution >= 4 is 63.3 Å². The molecule has 2 saturated heterocycles. The van der Waals surface area contributed by atoms with E-state index < -0.39 is 60.4 Å². The van der Waals surface area contributed by atoms with Crippen LogP contribution < -0.4 is 5.32 Å². The highest BCUT2D eigenvalue weighted by molar-refractivity contribution is 6.09. The zero-order chi connectivity index (χ0) is 35.6. The molecule has 5 amide bonds. The number of rotatable bonds is 11. The lowest BCUT2D eigenvalue weighted by Gasteiger charge is -2.20. The Bertz CT molecular complexity index is 2200. The Morgan fingerprint density at radius 3 is 2.10 bits per heavy atom. The van der Waals surface area contributed by atoms with Crippen molar-refractivity contribution in [3.8, 4) is 11.4 Å². The Morgan fingerprint density at radius 2 is 1.43 bits per heavy atom. The van der Waals surface area contributed by atoms with Gasteiger partial charge in [0.2, 0.25) is 5.82 Å². The SMILES string of the molecule is O=C(CC[C@H](NC(=O)c1ccc(Cn2c3ccccc3c3cc(-c4nn[nH]n4)ccc32)cc1)C(=O)ON1C(=O)CCC1=O)ON1C(=O)CCC1=O. The van der Waals surface area contributed by atoms with Gasteiger partial charge in [0.1, 0.15) is 6.04 Å². The van der Waals surface area contributed by atoms with Gasteiger partial charge in [-0.3, -0.25) is 24.0 Å². The standard InChI is InChI=1S/C34H28N8O9/c43-27-12-13-28(44)41(27)50-31(47)16-10-24(34(49)51-42-29(45)14-15-30(42)46)35-33(48)20-7-5-19(6-8-20)18-40-25-4-2-1-3-22(25)23-17-21(9-11-26(23)40)32-36-38-39-37-32/h1-9,11,17,24H,10,12-16,18H2,(H,35,48)(H,36,37,38,39)/t24-/m0/s1. The number of benzene rings is 3. The lowest BCUT2D eigenvalue weighted by molar-refractivity contribution is -0.200. The van der Waals surface area contributed by atoms with Crippen LogP contribution in [-0.2, 0) is 45.0 Å². The number of aromatic amines is 1. The van der Waals surface area contributed by atoms with Crippen molar-refractivity contribution in [1.29, 1.82) is 0 Å². The van der Waals surface area contributed by atoms with Gasteiger partial charge in [-0.15, -0.1) is 20.3 Å². The summed E-state index contributed by atoms with van der Waals surface area (Å²) in [6.45, 7) is 0.463. The molecule has 258 valence electrons. The number of fused-ring (bicyclic) bond motifs is 3. The predicted octanol–water partition coefficient (Wildman–Crippen LogP) is 2.12. The van der Waals surface area contributed by atoms with E-state index in [1.54, 1.807) is 24.3 Å². The van der Waals surface area contributed by atoms with Crippen molar-refractivity contribution in [2.24, 2.45) is 0 Å². The summed E-state index contributed by atoms with van der Waals surface area (Å²) >= 11 is 0. The van der Waals surface area contributed by atoms with E-state index in [1.807, 2.05) is 42.5 Å². The van der Waals surface area contributed by atoms with E-state index in [1.165, 1.54) is 0 Å². The molecule has 0 unspecified atom stereocenters. The number of aromatic nitrogens is 5. The number of para-hydroxylation sites is 1. The summed E-state index contributed by atoms with van der Waals surface area (Å²) in [5, 5.41) is 19.5. The molecule has 0 aliphatic carbocycles. The van der Waals surface area contributed by atoms with Gasteiger partial charge in [-0.05, 0) is 53.6 Å². The topological polar surface area (TPSA) is 216 Å². The third kappa shape index (κ3) is 6.63. The second kappa shape index (κ2) is 13.6. The van der Waals surface area contributed by atoms with Crippen LogP contribution in [0.4, 0.5) is 0 Å². The summed E-state index contributed by atoms with van der Waals surface area (Å²) in [4.78, 5) is 96.5. The van der Waals surface area contributed by atoms with Crippen molar-refractivity contribution in [3.05, 3.63) is 77.9 Å². The molecule has 0 spiro atoms. The minimum absolute atomic E-state index is 0.101. The minimum atomic E-state index is -1.51. The molecule has 2 aliphatic rings. The Hall–Kier alpha value is -6.78. The number of hydrogen-bond donors (Lipinski definition) is 2. The fourth-order valence-electron chi connectivity index (χ4n) is 5.96. The smallest absolute Gasteiger partial charge is 0.338 e. The van der Waals surface area contributed by atoms with E-state index in [4.69, 9.17) is 9.68 Å². The number of tetrazole rings is 1. The van der Waals surface area contributed by atoms with Gasteiger partial charge < -0.3 is 19.6 Å². The first-order valence-corrected chi connectivity index (χ1v) is 15.9. The molecule has 2 aromatic heterocycles. The van der Waals surface area contributed by atoms with Gasteiger partial charge >= 0.3 is 11.9 Å². The Balaban J connectivity index is 1.07. The van der Waals surface area contributed by atoms with E-state index in [0.717, 1.165) is 32.9 Å². The van der Waals surface area contributed by atoms with Crippen LogP contribution >= 0.6 is 0 Å². The van der Waals surface area contributed by atoms with E-state index in [2.05, 4.69) is 30.5 Å². The molecule has 2 N–H and O–H groups in total. The highest BCUT2D eigenvalue weighted by Crippen LogP contribution is 2.32. The number of imide groups is 2. The summed E-state index contributed by atoms with van der Waals surface area (Å²) < 4.78 is 2.15. The molecule has 1 atom stereocenters. The third-order valence-corrected chi connectivity index (χ3v) is 8.55. The van der Waals surface area contributed by atoms with Crippen LogP contribution in [0.5, 0.6) is 0 Å². The summed E-state index contributed by atoms with van der Waals surface area (Å²) in [5.41, 5.74) is 3.82. The third-order valence-electron chi connectivity index (χ3n) is 8.55. The number of H-pyrrole nitrogens is 1. The van der Waals surface area contributed by atoms with E-state index in [9.17, 15) is 33.6 Å². The Kier molecular flexibility index (Phi) is 8.74. The maximum absolute atomic E-state index is 13.3. The number of amides is 5. The lowest BCUT2D eigenvalue weighted by Crippen LogP contribution is -2.45. The second-order valence-electron chi connectivity index (χ2n) is 11.9. The first-order chi connectivity index (χ1) is 24.7. The molecule has 0 bridgehead atoms. The molecule has 0 saturated carbocycles. The maximum Gasteiger partial charge on any atom is 0.355 e. The Morgan fingerprint density at radius 1 is 0.784 bits per heavy atom. The molecular weight excluding hydrogens is 664 g/mol. The number of hydroxylamine groups is 4. The number of hydrogen-bond acceptors (Lipinski definition) is 12. The van der Waals surface area contributed by atoms with Gasteiger partial charge in [0.05, 0.1) is 6.42 Å². The van der Waals surface area contributed by atoms with Crippen molar-refractivity contribution in [2.45, 2.75) is 51.1 Å². The quantitative estimate of drug-likeness (QED) is 0.190. The fourth-order valence-corrected chi connectivity index (χ4v) is 5.96. The highest BCUT2D eigenvalue weighted by Gasteiger charge is 2.37. The van der Waals surface area contributed by atoms with Crippen LogP contribution in [0.1, 0.15) is 54.4 Å². The molecule has 17 heteroatoms. The average Bonchev–Trinajstić information content (AvgIpc) is 3.93. The summed E-state index contributed by atoms with van der Waals surface area (Å²) in [5.74, 6) is -5.22. The molecule has 17 nitrogen and oxygen atoms in total. The number of nitrogens with one attached hydrogen (secondary N) is 2. The van der Waals surface area contributed by atoms with Gasteiger partial charge in [0.25, 0.3) is 29.5 Å². The average molecular weight is 693 g/mol. The number of carbonyl (C=O) groups excluding carboxylic acids is 7. The zero-order valence-electron chi connectivity index (χ0n) is 26.7. The molecule has 7 rings (SSSR count). The van der Waals surface area contributed by atoms with E-state index >= 15 is 0 Å². The molecular formula is C34H28N8O9. The molecule has 4 heterocycles. The first-order valence-electron chi connectivity index (χ1n) is 15.9. The van der Waals surface area contributed by atoms with Gasteiger partial charge in [0, 0.05) is 65.2 Å². The van der Waals surface area contributed by atoms with Crippen LogP contribution in [0, 0.1) is 0 Å². The van der Waals surface area contributed by atoms with Crippen LogP contribution in [-0.4, -0.2) is 82.8 Å². The molecule has 2 fully saturated rings. The lowest BCUT2D eigenvalue weighted by atomic mass is 10.1. The van der Waals surface area contributed by atoms with Crippen molar-refractivity contribution < 1.29 is 43.2 Å². The van der Waals surface area contributed by atoms with Crippen LogP contribution in [0.25, 0.3) is 33.2 Å². The van der Waals surface area contributed by atoms with E-state index in [0.29, 0.717) is 22.5 Å². The maximum atomic E-state index is 13.3. The van der Waals surface area contributed by atoms with Gasteiger partial charge in [-0.25, -0.2) is 9.59 Å². The van der Waals surface area contributed by atoms with Crippen LogP contribution in [0.3, 0.4) is 0 Å². The minimum Gasteiger partial charge on any atom is -0.338 e. The van der Waals surface area contributed by atoms with Crippen molar-refractivity contribution in [2.75, 3.05) is 0 Å². The highest BCUT2D eigenvalue weighted by atomic mass is 16.7. The van der Waals surface area contributed by atoms with E-state index in [-0.39, 0.29) is 31.2 Å². The predicted molar refractivity (Wildman–Crippen MR) is 173 cm³/mol. The normalized spacial score (nSPS) is 15.2. The monoisotopic (exact) mass is 692 g/mol. The molecule has 2 aliphatic heterocycles. The molecule has 51 heavy (non-hydrogen) atoms.